The molecule has 0 heterocycles. The number of carbonyl (C=O) groups excluding carboxylic acids is 2. The Morgan fingerprint density at radius 3 is 1.32 bits per heavy atom. The van der Waals surface area contributed by atoms with Crippen molar-refractivity contribution in [2.45, 2.75) is 53.1 Å². The van der Waals surface area contributed by atoms with Crippen LogP contribution in [0.4, 0.5) is 0 Å². The SMILES string of the molecule is C=C(C)C(=O)OC(C)(C)O[P+](=O)OC(C)(C)OC(=O)C(=C)C. The fourth-order valence-electron chi connectivity index (χ4n) is 1.04. The molecule has 124 valence electrons. The summed E-state index contributed by atoms with van der Waals surface area (Å²) in [5.74, 6) is -4.39. The minimum absolute atomic E-state index is 0.170. The van der Waals surface area contributed by atoms with Gasteiger partial charge in [0.05, 0.1) is 0 Å². The maximum atomic E-state index is 11.9. The molecule has 22 heavy (non-hydrogen) atoms. The van der Waals surface area contributed by atoms with Crippen LogP contribution in [-0.2, 0) is 32.7 Å². The van der Waals surface area contributed by atoms with Crippen LogP contribution in [0.1, 0.15) is 41.5 Å². The fraction of sp³-hybridized carbons (Fsp3) is 0.571. The smallest absolute Gasteiger partial charge is 0.426 e. The molecule has 0 bridgehead atoms. The normalized spacial score (nSPS) is 11.5. The van der Waals surface area contributed by atoms with Crippen molar-refractivity contribution in [1.82, 2.24) is 0 Å². The maximum absolute atomic E-state index is 11.9. The molecule has 0 N–H and O–H groups in total. The van der Waals surface area contributed by atoms with Gasteiger partial charge in [0.1, 0.15) is 0 Å². The van der Waals surface area contributed by atoms with Gasteiger partial charge in [0.2, 0.25) is 0 Å². The van der Waals surface area contributed by atoms with Crippen molar-refractivity contribution < 1.29 is 32.7 Å². The van der Waals surface area contributed by atoms with Gasteiger partial charge in [-0.3, -0.25) is 0 Å². The van der Waals surface area contributed by atoms with E-state index in [9.17, 15) is 14.2 Å². The third kappa shape index (κ3) is 8.02. The van der Waals surface area contributed by atoms with Crippen LogP contribution in [-0.4, -0.2) is 23.5 Å². The van der Waals surface area contributed by atoms with E-state index in [0.717, 1.165) is 0 Å². The molecule has 0 unspecified atom stereocenters. The van der Waals surface area contributed by atoms with Gasteiger partial charge in [-0.15, -0.1) is 0 Å². The highest BCUT2D eigenvalue weighted by Crippen LogP contribution is 2.37. The first-order valence-corrected chi connectivity index (χ1v) is 7.48. The van der Waals surface area contributed by atoms with Gasteiger partial charge in [-0.05, 0) is 13.8 Å². The van der Waals surface area contributed by atoms with E-state index in [1.807, 2.05) is 0 Å². The Bertz CT molecular complexity index is 461. The second-order valence-electron chi connectivity index (χ2n) is 5.55. The van der Waals surface area contributed by atoms with Gasteiger partial charge >= 0.3 is 20.2 Å². The lowest BCUT2D eigenvalue weighted by molar-refractivity contribution is -0.194. The van der Waals surface area contributed by atoms with Gasteiger partial charge < -0.3 is 9.47 Å². The predicted octanol–water partition coefficient (Wildman–Crippen LogP) is 3.39. The zero-order valence-electron chi connectivity index (χ0n) is 13.7. The molecule has 0 fully saturated rings. The summed E-state index contributed by atoms with van der Waals surface area (Å²) in [5.41, 5.74) is 0.340. The first kappa shape index (κ1) is 20.4. The highest BCUT2D eigenvalue weighted by molar-refractivity contribution is 7.33. The van der Waals surface area contributed by atoms with Gasteiger partial charge in [-0.25, -0.2) is 9.59 Å². The molecular formula is C14H22O7P+. The van der Waals surface area contributed by atoms with Crippen LogP contribution in [0.5, 0.6) is 0 Å². The van der Waals surface area contributed by atoms with E-state index in [0.29, 0.717) is 0 Å². The first-order valence-electron chi connectivity index (χ1n) is 6.39. The van der Waals surface area contributed by atoms with Crippen LogP contribution >= 0.6 is 8.25 Å². The Hall–Kier alpha value is -1.56. The van der Waals surface area contributed by atoms with Gasteiger partial charge in [0.15, 0.2) is 0 Å². The summed E-state index contributed by atoms with van der Waals surface area (Å²) in [6, 6.07) is 0. The number of carbonyl (C=O) groups is 2. The second kappa shape index (κ2) is 7.63. The van der Waals surface area contributed by atoms with Crippen LogP contribution in [0.15, 0.2) is 24.3 Å². The van der Waals surface area contributed by atoms with Crippen molar-refractivity contribution in [3.63, 3.8) is 0 Å². The Balaban J connectivity index is 4.66. The average molecular weight is 333 g/mol. The lowest BCUT2D eigenvalue weighted by Gasteiger charge is -2.21. The molecule has 0 aromatic rings. The maximum Gasteiger partial charge on any atom is 0.705 e. The minimum Gasteiger partial charge on any atom is -0.426 e. The highest BCUT2D eigenvalue weighted by atomic mass is 31.1. The molecule has 0 saturated carbocycles. The molecule has 0 atom stereocenters. The van der Waals surface area contributed by atoms with Crippen LogP contribution in [0.2, 0.25) is 0 Å². The molecule has 0 aliphatic rings. The minimum atomic E-state index is -2.72. The van der Waals surface area contributed by atoms with Crippen molar-refractivity contribution in [2.24, 2.45) is 0 Å². The first-order chi connectivity index (χ1) is 9.76. The third-order valence-electron chi connectivity index (χ3n) is 1.96. The Morgan fingerprint density at radius 2 is 1.09 bits per heavy atom. The number of esters is 2. The van der Waals surface area contributed by atoms with Crippen LogP contribution in [0.3, 0.4) is 0 Å². The van der Waals surface area contributed by atoms with E-state index >= 15 is 0 Å². The molecule has 0 spiro atoms. The van der Waals surface area contributed by atoms with Crippen LogP contribution < -0.4 is 0 Å². The number of rotatable bonds is 8. The number of hydrogen-bond donors (Lipinski definition) is 0. The van der Waals surface area contributed by atoms with Gasteiger partial charge in [-0.2, -0.15) is 0 Å². The van der Waals surface area contributed by atoms with E-state index in [1.165, 1.54) is 41.5 Å². The molecule has 0 aromatic carbocycles. The zero-order valence-corrected chi connectivity index (χ0v) is 14.6. The summed E-state index contributed by atoms with van der Waals surface area (Å²) in [5, 5.41) is 0. The van der Waals surface area contributed by atoms with Crippen molar-refractivity contribution in [3.05, 3.63) is 24.3 Å². The monoisotopic (exact) mass is 333 g/mol. The molecular weight excluding hydrogens is 311 g/mol. The van der Waals surface area contributed by atoms with E-state index in [4.69, 9.17) is 18.5 Å². The van der Waals surface area contributed by atoms with Crippen molar-refractivity contribution in [1.29, 1.82) is 0 Å². The molecule has 0 radical (unpaired) electrons. The lowest BCUT2D eigenvalue weighted by atomic mass is 10.3. The topological polar surface area (TPSA) is 88.1 Å². The fourth-order valence-corrected chi connectivity index (χ4v) is 1.87. The molecule has 8 heteroatoms. The van der Waals surface area contributed by atoms with Crippen molar-refractivity contribution >= 4 is 20.2 Å². The summed E-state index contributed by atoms with van der Waals surface area (Å²) in [6.07, 6.45) is 0. The third-order valence-corrected chi connectivity index (χ3v) is 3.14. The molecule has 0 aliphatic carbocycles. The zero-order chi connectivity index (χ0) is 17.7. The Kier molecular flexibility index (Phi) is 7.09. The van der Waals surface area contributed by atoms with Gasteiger partial charge in [-0.1, -0.05) is 22.2 Å². The Labute approximate surface area is 131 Å². The van der Waals surface area contributed by atoms with E-state index in [-0.39, 0.29) is 11.1 Å². The van der Waals surface area contributed by atoms with Crippen LogP contribution in [0.25, 0.3) is 0 Å². The number of hydrogen-bond acceptors (Lipinski definition) is 7. The second-order valence-corrected chi connectivity index (χ2v) is 6.36. The summed E-state index contributed by atoms with van der Waals surface area (Å²) in [4.78, 5) is 22.9. The predicted molar refractivity (Wildman–Crippen MR) is 79.7 cm³/mol. The largest absolute Gasteiger partial charge is 0.705 e. The van der Waals surface area contributed by atoms with E-state index in [2.05, 4.69) is 13.2 Å². The molecule has 7 nitrogen and oxygen atoms in total. The van der Waals surface area contributed by atoms with E-state index < -0.39 is 31.8 Å². The van der Waals surface area contributed by atoms with Gasteiger partial charge in [0.25, 0.3) is 11.6 Å². The van der Waals surface area contributed by atoms with Crippen molar-refractivity contribution in [2.75, 3.05) is 0 Å². The summed E-state index contributed by atoms with van der Waals surface area (Å²) in [6.45, 7) is 15.3. The summed E-state index contributed by atoms with van der Waals surface area (Å²) in [7, 11) is -2.72. The highest BCUT2D eigenvalue weighted by Gasteiger charge is 2.43. The van der Waals surface area contributed by atoms with Crippen molar-refractivity contribution in [3.8, 4) is 0 Å². The van der Waals surface area contributed by atoms with E-state index in [1.54, 1.807) is 0 Å². The number of ether oxygens (including phenoxy) is 2. The summed E-state index contributed by atoms with van der Waals surface area (Å²) >= 11 is 0. The standard InChI is InChI=1S/C14H22O7P/c1-9(2)11(15)18-13(5,6)20-22(17)21-14(7,8)19-12(16)10(3)4/h1,3H2,2,4-8H3/q+1. The van der Waals surface area contributed by atoms with Crippen LogP contribution in [0, 0.1) is 0 Å². The molecule has 0 aliphatic heterocycles. The molecule has 0 rings (SSSR count). The Morgan fingerprint density at radius 1 is 0.818 bits per heavy atom. The average Bonchev–Trinajstić information content (AvgIpc) is 2.24. The van der Waals surface area contributed by atoms with Gasteiger partial charge in [0, 0.05) is 43.4 Å². The molecule has 0 saturated heterocycles. The molecule has 0 amide bonds. The quantitative estimate of drug-likeness (QED) is 0.291. The lowest BCUT2D eigenvalue weighted by Crippen LogP contribution is -2.32. The molecule has 0 aromatic heterocycles. The summed E-state index contributed by atoms with van der Waals surface area (Å²) < 4.78 is 31.8.